The highest BCUT2D eigenvalue weighted by Crippen LogP contribution is 2.43. The summed E-state index contributed by atoms with van der Waals surface area (Å²) >= 11 is 0. The topological polar surface area (TPSA) is 113 Å². The molecule has 2 aliphatic heterocycles. The fourth-order valence-corrected chi connectivity index (χ4v) is 4.48. The minimum absolute atomic E-state index is 0.113. The van der Waals surface area contributed by atoms with E-state index in [1.807, 2.05) is 13.8 Å². The van der Waals surface area contributed by atoms with Crippen molar-refractivity contribution < 1.29 is 28.8 Å². The molecule has 1 aliphatic carbocycles. The van der Waals surface area contributed by atoms with Gasteiger partial charge in [-0.05, 0) is 36.8 Å². The second-order valence-corrected chi connectivity index (χ2v) is 8.51. The second-order valence-electron chi connectivity index (χ2n) is 8.51. The lowest BCUT2D eigenvalue weighted by Gasteiger charge is -2.40. The van der Waals surface area contributed by atoms with Gasteiger partial charge < -0.3 is 10.2 Å². The van der Waals surface area contributed by atoms with Gasteiger partial charge in [-0.1, -0.05) is 37.5 Å². The molecular formula is C20H21N3O6. The number of imide groups is 2. The van der Waals surface area contributed by atoms with Crippen LogP contribution < -0.4 is 5.32 Å². The Hall–Kier alpha value is -3.23. The van der Waals surface area contributed by atoms with Crippen molar-refractivity contribution in [1.82, 2.24) is 15.3 Å². The summed E-state index contributed by atoms with van der Waals surface area (Å²) in [5.74, 6) is -3.05. The van der Waals surface area contributed by atoms with E-state index in [-0.39, 0.29) is 16.5 Å². The van der Waals surface area contributed by atoms with Crippen molar-refractivity contribution in [2.45, 2.75) is 45.1 Å². The van der Waals surface area contributed by atoms with Crippen LogP contribution in [0.2, 0.25) is 0 Å². The minimum Gasteiger partial charge on any atom is -0.328 e. The number of hydroxylamine groups is 2. The molecule has 1 aromatic rings. The second kappa shape index (κ2) is 6.40. The molecule has 29 heavy (non-hydrogen) atoms. The summed E-state index contributed by atoms with van der Waals surface area (Å²) in [5.41, 5.74) is -0.876. The van der Waals surface area contributed by atoms with E-state index in [4.69, 9.17) is 4.84 Å². The van der Waals surface area contributed by atoms with Gasteiger partial charge in [0.25, 0.3) is 17.7 Å². The van der Waals surface area contributed by atoms with E-state index in [1.165, 1.54) is 12.1 Å². The van der Waals surface area contributed by atoms with Crippen LogP contribution in [0.25, 0.3) is 0 Å². The number of urea groups is 1. The lowest BCUT2D eigenvalue weighted by molar-refractivity contribution is -0.170. The third-order valence-corrected chi connectivity index (χ3v) is 5.72. The van der Waals surface area contributed by atoms with Crippen molar-refractivity contribution >= 4 is 29.7 Å². The number of carbonyl (C=O) groups is 5. The number of benzene rings is 1. The van der Waals surface area contributed by atoms with Crippen LogP contribution in [0.3, 0.4) is 0 Å². The third-order valence-electron chi connectivity index (χ3n) is 5.72. The van der Waals surface area contributed by atoms with E-state index < -0.39 is 41.8 Å². The lowest BCUT2D eigenvalue weighted by Crippen LogP contribution is -2.52. The first-order valence-corrected chi connectivity index (χ1v) is 9.46. The van der Waals surface area contributed by atoms with E-state index in [9.17, 15) is 24.0 Å². The predicted octanol–water partition coefficient (Wildman–Crippen LogP) is 1.63. The first kappa shape index (κ1) is 19.1. The summed E-state index contributed by atoms with van der Waals surface area (Å²) in [7, 11) is 0. The first-order valence-electron chi connectivity index (χ1n) is 9.46. The third kappa shape index (κ3) is 3.06. The van der Waals surface area contributed by atoms with E-state index >= 15 is 0 Å². The molecule has 1 aromatic carbocycles. The van der Waals surface area contributed by atoms with Crippen molar-refractivity contribution in [1.29, 1.82) is 0 Å². The Bertz CT molecular complexity index is 920. The average Bonchev–Trinajstić information content (AvgIpc) is 3.01. The molecule has 0 aromatic heterocycles. The quantitative estimate of drug-likeness (QED) is 0.611. The zero-order valence-electron chi connectivity index (χ0n) is 16.2. The molecule has 1 unspecified atom stereocenters. The molecule has 152 valence electrons. The highest BCUT2D eigenvalue weighted by molar-refractivity contribution is 6.21. The number of amides is 5. The van der Waals surface area contributed by atoms with E-state index in [0.717, 1.165) is 17.7 Å². The van der Waals surface area contributed by atoms with E-state index in [1.54, 1.807) is 12.1 Å². The van der Waals surface area contributed by atoms with Gasteiger partial charge in [-0.15, -0.1) is 0 Å². The summed E-state index contributed by atoms with van der Waals surface area (Å²) in [4.78, 5) is 68.0. The number of hydrogen-bond donors (Lipinski definition) is 1. The van der Waals surface area contributed by atoms with E-state index in [2.05, 4.69) is 5.32 Å². The number of fused-ring (bicyclic) bond motifs is 1. The maximum Gasteiger partial charge on any atom is 0.353 e. The zero-order chi connectivity index (χ0) is 21.0. The van der Waals surface area contributed by atoms with Gasteiger partial charge in [0.1, 0.15) is 12.1 Å². The molecule has 9 nitrogen and oxygen atoms in total. The molecule has 5 amide bonds. The highest BCUT2D eigenvalue weighted by atomic mass is 16.7. The van der Waals surface area contributed by atoms with Crippen LogP contribution >= 0.6 is 0 Å². The van der Waals surface area contributed by atoms with Crippen molar-refractivity contribution in [2.24, 2.45) is 5.41 Å². The fraction of sp³-hybridized carbons (Fsp3) is 0.450. The number of carbonyl (C=O) groups excluding carboxylic acids is 5. The molecule has 1 atom stereocenters. The molecular weight excluding hydrogens is 378 g/mol. The molecule has 2 heterocycles. The number of hydrogen-bond acceptors (Lipinski definition) is 6. The number of nitrogens with zero attached hydrogens (tertiary/aromatic N) is 2. The smallest absolute Gasteiger partial charge is 0.328 e. The van der Waals surface area contributed by atoms with Gasteiger partial charge in [0.15, 0.2) is 0 Å². The standard InChI is InChI=1S/C20H21N3O6/c1-19(2)8-5-9-20(11-19)17(27)22(18(28)21-20)10-14(24)29-23-15(25)12-6-3-4-7-13(12)16(23)26/h3-4,6-7H,5,8-11H2,1-2H3,(H,21,28). The van der Waals surface area contributed by atoms with Crippen molar-refractivity contribution in [3.05, 3.63) is 35.4 Å². The Balaban J connectivity index is 1.46. The monoisotopic (exact) mass is 399 g/mol. The Morgan fingerprint density at radius 3 is 2.28 bits per heavy atom. The molecule has 4 rings (SSSR count). The summed E-state index contributed by atoms with van der Waals surface area (Å²) in [6, 6.07) is 5.42. The maximum absolute atomic E-state index is 12.9. The molecule has 1 N–H and O–H groups in total. The van der Waals surface area contributed by atoms with Crippen molar-refractivity contribution in [3.8, 4) is 0 Å². The molecule has 1 spiro atoms. The van der Waals surface area contributed by atoms with Gasteiger partial charge >= 0.3 is 12.0 Å². The Labute approximate surface area is 166 Å². The van der Waals surface area contributed by atoms with Gasteiger partial charge in [0.2, 0.25) is 0 Å². The molecule has 0 radical (unpaired) electrons. The lowest BCUT2D eigenvalue weighted by atomic mass is 9.68. The van der Waals surface area contributed by atoms with Crippen molar-refractivity contribution in [2.75, 3.05) is 6.54 Å². The fourth-order valence-electron chi connectivity index (χ4n) is 4.48. The average molecular weight is 399 g/mol. The van der Waals surface area contributed by atoms with Gasteiger partial charge in [0, 0.05) is 0 Å². The normalized spacial score (nSPS) is 25.4. The van der Waals surface area contributed by atoms with Crippen LogP contribution in [0.4, 0.5) is 4.79 Å². The van der Waals surface area contributed by atoms with Gasteiger partial charge in [0.05, 0.1) is 11.1 Å². The first-order chi connectivity index (χ1) is 13.6. The number of nitrogens with one attached hydrogen (secondary N) is 1. The summed E-state index contributed by atoms with van der Waals surface area (Å²) in [6.45, 7) is 3.39. The minimum atomic E-state index is -1.05. The van der Waals surface area contributed by atoms with Gasteiger partial charge in [-0.2, -0.15) is 0 Å². The largest absolute Gasteiger partial charge is 0.353 e. The van der Waals surface area contributed by atoms with Crippen molar-refractivity contribution in [3.63, 3.8) is 0 Å². The molecule has 0 bridgehead atoms. The summed E-state index contributed by atoms with van der Waals surface area (Å²) in [5, 5.41) is 3.10. The molecule has 1 saturated heterocycles. The molecule has 1 saturated carbocycles. The van der Waals surface area contributed by atoms with Crippen LogP contribution in [-0.2, 0) is 14.4 Å². The van der Waals surface area contributed by atoms with Crippen LogP contribution in [0.15, 0.2) is 24.3 Å². The summed E-state index contributed by atoms with van der Waals surface area (Å²) in [6.07, 6.45) is 2.71. The summed E-state index contributed by atoms with van der Waals surface area (Å²) < 4.78 is 0. The Morgan fingerprint density at radius 2 is 1.69 bits per heavy atom. The number of rotatable bonds is 3. The zero-order valence-corrected chi connectivity index (χ0v) is 16.2. The SMILES string of the molecule is CC1(C)CCCC2(C1)NC(=O)N(CC(=O)ON1C(=O)c3ccccc3C1=O)C2=O. The molecule has 3 aliphatic rings. The Kier molecular flexibility index (Phi) is 4.21. The maximum atomic E-state index is 12.9. The van der Waals surface area contributed by atoms with Gasteiger partial charge in [-0.25, -0.2) is 9.59 Å². The predicted molar refractivity (Wildman–Crippen MR) is 98.3 cm³/mol. The van der Waals surface area contributed by atoms with Gasteiger partial charge in [-0.3, -0.25) is 19.3 Å². The molecule has 9 heteroatoms. The highest BCUT2D eigenvalue weighted by Gasteiger charge is 2.55. The van der Waals surface area contributed by atoms with Crippen LogP contribution in [0, 0.1) is 5.41 Å². The van der Waals surface area contributed by atoms with Crippen LogP contribution in [-0.4, -0.2) is 51.8 Å². The van der Waals surface area contributed by atoms with Crippen LogP contribution in [0.5, 0.6) is 0 Å². The van der Waals surface area contributed by atoms with Crippen LogP contribution in [0.1, 0.15) is 60.2 Å². The Morgan fingerprint density at radius 1 is 1.07 bits per heavy atom. The molecule has 2 fully saturated rings. The van der Waals surface area contributed by atoms with E-state index in [0.29, 0.717) is 17.9 Å².